The van der Waals surface area contributed by atoms with Crippen LogP contribution in [0.3, 0.4) is 0 Å². The predicted molar refractivity (Wildman–Crippen MR) is 78.2 cm³/mol. The van der Waals surface area contributed by atoms with Crippen LogP contribution in [0.4, 0.5) is 5.82 Å². The molecule has 0 aliphatic rings. The van der Waals surface area contributed by atoms with E-state index in [9.17, 15) is 0 Å². The summed E-state index contributed by atoms with van der Waals surface area (Å²) in [7, 11) is 3.35. The molecule has 0 unspecified atom stereocenters. The smallest absolute Gasteiger partial charge is 0.132 e. The van der Waals surface area contributed by atoms with Crippen LogP contribution in [0.1, 0.15) is 11.1 Å². The van der Waals surface area contributed by atoms with Crippen molar-refractivity contribution in [2.45, 2.75) is 6.42 Å². The first-order chi connectivity index (χ1) is 9.83. The summed E-state index contributed by atoms with van der Waals surface area (Å²) >= 11 is 0. The zero-order valence-electron chi connectivity index (χ0n) is 11.8. The molecule has 0 aliphatic heterocycles. The van der Waals surface area contributed by atoms with Crippen LogP contribution in [-0.2, 0) is 11.2 Å². The molecular formula is C15H19N3O2. The minimum Gasteiger partial charge on any atom is -0.497 e. The standard InChI is InChI=1S/C15H19N3O2/c1-19-8-7-17-15-13(10-16-11-18-15)9-12-3-5-14(20-2)6-4-12/h3-6,10-11H,7-9H2,1-2H3,(H,16,17,18). The number of nitrogens with one attached hydrogen (secondary N) is 1. The third kappa shape index (κ3) is 3.93. The molecule has 0 saturated heterocycles. The Bertz CT molecular complexity index is 529. The molecule has 0 fully saturated rings. The van der Waals surface area contributed by atoms with Gasteiger partial charge in [-0.15, -0.1) is 0 Å². The van der Waals surface area contributed by atoms with Gasteiger partial charge in [0.25, 0.3) is 0 Å². The molecule has 0 spiro atoms. The highest BCUT2D eigenvalue weighted by molar-refractivity contribution is 5.45. The fourth-order valence-electron chi connectivity index (χ4n) is 1.88. The number of ether oxygens (including phenoxy) is 2. The SMILES string of the molecule is COCCNc1ncncc1Cc1ccc(OC)cc1. The minimum atomic E-state index is 0.645. The zero-order chi connectivity index (χ0) is 14.2. The number of benzene rings is 1. The fraction of sp³-hybridized carbons (Fsp3) is 0.333. The van der Waals surface area contributed by atoms with Crippen molar-refractivity contribution >= 4 is 5.82 Å². The second-order valence-electron chi connectivity index (χ2n) is 4.34. The summed E-state index contributed by atoms with van der Waals surface area (Å²) in [6.45, 7) is 1.37. The van der Waals surface area contributed by atoms with Crippen molar-refractivity contribution in [1.29, 1.82) is 0 Å². The van der Waals surface area contributed by atoms with Crippen molar-refractivity contribution in [2.75, 3.05) is 32.7 Å². The van der Waals surface area contributed by atoms with E-state index in [4.69, 9.17) is 9.47 Å². The van der Waals surface area contributed by atoms with Crippen LogP contribution >= 0.6 is 0 Å². The van der Waals surface area contributed by atoms with Crippen LogP contribution in [0.2, 0.25) is 0 Å². The highest BCUT2D eigenvalue weighted by atomic mass is 16.5. The highest BCUT2D eigenvalue weighted by Gasteiger charge is 2.05. The lowest BCUT2D eigenvalue weighted by molar-refractivity contribution is 0.210. The summed E-state index contributed by atoms with van der Waals surface area (Å²) < 4.78 is 10.2. The van der Waals surface area contributed by atoms with Gasteiger partial charge in [0.1, 0.15) is 17.9 Å². The molecule has 1 N–H and O–H groups in total. The molecule has 1 heterocycles. The van der Waals surface area contributed by atoms with Gasteiger partial charge in [0.15, 0.2) is 0 Å². The molecule has 2 rings (SSSR count). The van der Waals surface area contributed by atoms with E-state index >= 15 is 0 Å². The number of aromatic nitrogens is 2. The summed E-state index contributed by atoms with van der Waals surface area (Å²) in [5, 5.41) is 3.26. The molecule has 1 aromatic carbocycles. The molecule has 0 atom stereocenters. The lowest BCUT2D eigenvalue weighted by Gasteiger charge is -2.10. The van der Waals surface area contributed by atoms with Crippen molar-refractivity contribution in [3.05, 3.63) is 47.9 Å². The summed E-state index contributed by atoms with van der Waals surface area (Å²) in [6, 6.07) is 8.00. The van der Waals surface area contributed by atoms with Gasteiger partial charge in [0, 0.05) is 31.8 Å². The number of hydrogen-bond acceptors (Lipinski definition) is 5. The summed E-state index contributed by atoms with van der Waals surface area (Å²) in [4.78, 5) is 8.37. The van der Waals surface area contributed by atoms with Gasteiger partial charge in [0.2, 0.25) is 0 Å². The summed E-state index contributed by atoms with van der Waals surface area (Å²) in [5.41, 5.74) is 2.25. The van der Waals surface area contributed by atoms with Gasteiger partial charge in [-0.25, -0.2) is 9.97 Å². The molecule has 0 saturated carbocycles. The third-order valence-corrected chi connectivity index (χ3v) is 2.94. The number of nitrogens with zero attached hydrogens (tertiary/aromatic N) is 2. The normalized spacial score (nSPS) is 10.3. The molecule has 0 aliphatic carbocycles. The largest absolute Gasteiger partial charge is 0.497 e. The first-order valence-corrected chi connectivity index (χ1v) is 6.48. The van der Waals surface area contributed by atoms with Gasteiger partial charge < -0.3 is 14.8 Å². The van der Waals surface area contributed by atoms with E-state index in [0.717, 1.165) is 30.1 Å². The van der Waals surface area contributed by atoms with E-state index in [1.807, 2.05) is 30.5 Å². The van der Waals surface area contributed by atoms with Gasteiger partial charge in [-0.05, 0) is 17.7 Å². The molecular weight excluding hydrogens is 254 g/mol. The molecule has 0 amide bonds. The molecule has 0 bridgehead atoms. The van der Waals surface area contributed by atoms with E-state index in [-0.39, 0.29) is 0 Å². The van der Waals surface area contributed by atoms with Gasteiger partial charge >= 0.3 is 0 Å². The van der Waals surface area contributed by atoms with Crippen LogP contribution in [0.15, 0.2) is 36.8 Å². The Morgan fingerprint density at radius 3 is 2.65 bits per heavy atom. The van der Waals surface area contributed by atoms with Crippen LogP contribution < -0.4 is 10.1 Å². The molecule has 20 heavy (non-hydrogen) atoms. The molecule has 1 aromatic heterocycles. The average Bonchev–Trinajstić information content (AvgIpc) is 2.50. The fourth-order valence-corrected chi connectivity index (χ4v) is 1.88. The van der Waals surface area contributed by atoms with E-state index < -0.39 is 0 Å². The lowest BCUT2D eigenvalue weighted by atomic mass is 10.1. The van der Waals surface area contributed by atoms with Crippen molar-refractivity contribution < 1.29 is 9.47 Å². The summed E-state index contributed by atoms with van der Waals surface area (Å²) in [6.07, 6.45) is 4.17. The Kier molecular flexibility index (Phi) is 5.32. The van der Waals surface area contributed by atoms with Crippen LogP contribution in [0.25, 0.3) is 0 Å². The second-order valence-corrected chi connectivity index (χ2v) is 4.34. The number of methoxy groups -OCH3 is 2. The van der Waals surface area contributed by atoms with Crippen molar-refractivity contribution in [1.82, 2.24) is 9.97 Å². The Labute approximate surface area is 119 Å². The Hall–Kier alpha value is -2.14. The molecule has 5 heteroatoms. The van der Waals surface area contributed by atoms with Crippen LogP contribution in [0.5, 0.6) is 5.75 Å². The third-order valence-electron chi connectivity index (χ3n) is 2.94. The predicted octanol–water partition coefficient (Wildman–Crippen LogP) is 2.13. The topological polar surface area (TPSA) is 56.3 Å². The average molecular weight is 273 g/mol. The number of hydrogen-bond donors (Lipinski definition) is 1. The Balaban J connectivity index is 2.07. The molecule has 0 radical (unpaired) electrons. The quantitative estimate of drug-likeness (QED) is 0.783. The molecule has 5 nitrogen and oxygen atoms in total. The van der Waals surface area contributed by atoms with E-state index in [1.165, 1.54) is 5.56 Å². The molecule has 106 valence electrons. The lowest BCUT2D eigenvalue weighted by Crippen LogP contribution is -2.11. The monoisotopic (exact) mass is 273 g/mol. The highest BCUT2D eigenvalue weighted by Crippen LogP contribution is 2.18. The first-order valence-electron chi connectivity index (χ1n) is 6.48. The zero-order valence-corrected chi connectivity index (χ0v) is 11.8. The van der Waals surface area contributed by atoms with Gasteiger partial charge in [-0.2, -0.15) is 0 Å². The minimum absolute atomic E-state index is 0.645. The summed E-state index contributed by atoms with van der Waals surface area (Å²) in [5.74, 6) is 1.71. The second kappa shape index (κ2) is 7.45. The van der Waals surface area contributed by atoms with Gasteiger partial charge in [0.05, 0.1) is 13.7 Å². The van der Waals surface area contributed by atoms with E-state index in [1.54, 1.807) is 20.5 Å². The maximum atomic E-state index is 5.16. The van der Waals surface area contributed by atoms with Gasteiger partial charge in [-0.3, -0.25) is 0 Å². The van der Waals surface area contributed by atoms with Gasteiger partial charge in [-0.1, -0.05) is 12.1 Å². The first kappa shape index (κ1) is 14.3. The Morgan fingerprint density at radius 2 is 1.95 bits per heavy atom. The number of anilines is 1. The van der Waals surface area contributed by atoms with E-state index in [2.05, 4.69) is 15.3 Å². The van der Waals surface area contributed by atoms with E-state index in [0.29, 0.717) is 6.61 Å². The Morgan fingerprint density at radius 1 is 1.15 bits per heavy atom. The van der Waals surface area contributed by atoms with Crippen molar-refractivity contribution in [2.24, 2.45) is 0 Å². The maximum absolute atomic E-state index is 5.16. The van der Waals surface area contributed by atoms with Crippen LogP contribution in [0, 0.1) is 0 Å². The van der Waals surface area contributed by atoms with Crippen LogP contribution in [-0.4, -0.2) is 37.3 Å². The van der Waals surface area contributed by atoms with Crippen molar-refractivity contribution in [3.63, 3.8) is 0 Å². The molecule has 2 aromatic rings. The number of rotatable bonds is 7. The maximum Gasteiger partial charge on any atom is 0.132 e. The van der Waals surface area contributed by atoms with Crippen molar-refractivity contribution in [3.8, 4) is 5.75 Å².